The van der Waals surface area contributed by atoms with E-state index in [1.807, 2.05) is 19.9 Å². The van der Waals surface area contributed by atoms with Gasteiger partial charge in [-0.1, -0.05) is 54.6 Å². The number of hydrogen-bond acceptors (Lipinski definition) is 6. The Balaban J connectivity index is 1.75. The zero-order valence-corrected chi connectivity index (χ0v) is 17.4. The standard InChI is InChI=1S/C20H18ClN5O2S/c1-12(2)10-25-18(27)15-9-13(21)7-8-16(15)22-20(25)29-11-26-19(28)14-5-3-4-6-17(14)23-24-26/h3-9,12H,10-11H2,1-2H3. The Morgan fingerprint density at radius 3 is 2.62 bits per heavy atom. The summed E-state index contributed by atoms with van der Waals surface area (Å²) in [5, 5.41) is 10.1. The molecule has 0 radical (unpaired) electrons. The molecule has 0 unspecified atom stereocenters. The van der Waals surface area contributed by atoms with Crippen LogP contribution in [0.5, 0.6) is 0 Å². The highest BCUT2D eigenvalue weighted by atomic mass is 35.5. The van der Waals surface area contributed by atoms with Gasteiger partial charge in [0.15, 0.2) is 5.16 Å². The largest absolute Gasteiger partial charge is 0.287 e. The highest BCUT2D eigenvalue weighted by Gasteiger charge is 2.14. The van der Waals surface area contributed by atoms with Gasteiger partial charge < -0.3 is 0 Å². The Morgan fingerprint density at radius 1 is 1.03 bits per heavy atom. The van der Waals surface area contributed by atoms with Gasteiger partial charge in [-0.3, -0.25) is 14.2 Å². The summed E-state index contributed by atoms with van der Waals surface area (Å²) < 4.78 is 2.92. The molecule has 0 saturated carbocycles. The van der Waals surface area contributed by atoms with Crippen LogP contribution in [0.1, 0.15) is 13.8 Å². The predicted molar refractivity (Wildman–Crippen MR) is 116 cm³/mol. The number of fused-ring (bicyclic) bond motifs is 2. The van der Waals surface area contributed by atoms with E-state index in [4.69, 9.17) is 11.6 Å². The van der Waals surface area contributed by atoms with Gasteiger partial charge in [0.05, 0.1) is 22.2 Å². The third kappa shape index (κ3) is 3.90. The van der Waals surface area contributed by atoms with Gasteiger partial charge >= 0.3 is 0 Å². The Kier molecular flexibility index (Phi) is 5.38. The van der Waals surface area contributed by atoms with E-state index >= 15 is 0 Å². The van der Waals surface area contributed by atoms with Crippen LogP contribution in [0.25, 0.3) is 21.8 Å². The first-order valence-electron chi connectivity index (χ1n) is 9.09. The van der Waals surface area contributed by atoms with Gasteiger partial charge in [0, 0.05) is 11.6 Å². The van der Waals surface area contributed by atoms with Crippen molar-refractivity contribution in [1.82, 2.24) is 24.5 Å². The van der Waals surface area contributed by atoms with Crippen molar-refractivity contribution in [2.45, 2.75) is 31.4 Å². The lowest BCUT2D eigenvalue weighted by atomic mass is 10.2. The van der Waals surface area contributed by atoms with E-state index in [9.17, 15) is 9.59 Å². The Morgan fingerprint density at radius 2 is 1.83 bits per heavy atom. The van der Waals surface area contributed by atoms with Gasteiger partial charge in [-0.15, -0.1) is 5.10 Å². The van der Waals surface area contributed by atoms with Crippen LogP contribution < -0.4 is 11.1 Å². The molecule has 148 valence electrons. The number of rotatable bonds is 5. The van der Waals surface area contributed by atoms with Crippen LogP contribution >= 0.6 is 23.4 Å². The summed E-state index contributed by atoms with van der Waals surface area (Å²) in [4.78, 5) is 30.4. The van der Waals surface area contributed by atoms with Gasteiger partial charge in [0.25, 0.3) is 11.1 Å². The van der Waals surface area contributed by atoms with E-state index in [2.05, 4.69) is 15.3 Å². The van der Waals surface area contributed by atoms with E-state index in [1.165, 1.54) is 16.4 Å². The van der Waals surface area contributed by atoms with Crippen LogP contribution in [0, 0.1) is 5.92 Å². The van der Waals surface area contributed by atoms with Crippen molar-refractivity contribution in [3.63, 3.8) is 0 Å². The molecule has 2 aromatic carbocycles. The number of aromatic nitrogens is 5. The fraction of sp³-hybridized carbons (Fsp3) is 0.250. The Bertz CT molecular complexity index is 1330. The molecule has 29 heavy (non-hydrogen) atoms. The maximum atomic E-state index is 13.0. The molecular formula is C20H18ClN5O2S. The second kappa shape index (κ2) is 7.96. The van der Waals surface area contributed by atoms with Gasteiger partial charge in [-0.05, 0) is 36.2 Å². The molecule has 7 nitrogen and oxygen atoms in total. The van der Waals surface area contributed by atoms with Crippen LogP contribution in [0.3, 0.4) is 0 Å². The van der Waals surface area contributed by atoms with Gasteiger partial charge in [-0.25, -0.2) is 4.98 Å². The molecule has 2 aromatic heterocycles. The lowest BCUT2D eigenvalue weighted by Gasteiger charge is -2.15. The Labute approximate surface area is 175 Å². The van der Waals surface area contributed by atoms with Gasteiger partial charge in [0.1, 0.15) is 5.52 Å². The highest BCUT2D eigenvalue weighted by molar-refractivity contribution is 7.98. The second-order valence-electron chi connectivity index (χ2n) is 7.05. The first-order chi connectivity index (χ1) is 13.9. The van der Waals surface area contributed by atoms with Crippen LogP contribution in [0.2, 0.25) is 5.02 Å². The first-order valence-corrected chi connectivity index (χ1v) is 10.5. The molecule has 4 aromatic rings. The molecule has 0 atom stereocenters. The van der Waals surface area contributed by atoms with E-state index < -0.39 is 0 Å². The summed E-state index contributed by atoms with van der Waals surface area (Å²) in [7, 11) is 0. The van der Waals surface area contributed by atoms with Crippen molar-refractivity contribution in [1.29, 1.82) is 0 Å². The third-order valence-electron chi connectivity index (χ3n) is 4.37. The summed E-state index contributed by atoms with van der Waals surface area (Å²) in [5.41, 5.74) is 0.745. The third-order valence-corrected chi connectivity index (χ3v) is 5.55. The monoisotopic (exact) mass is 427 g/mol. The maximum Gasteiger partial charge on any atom is 0.278 e. The van der Waals surface area contributed by atoms with E-state index in [1.54, 1.807) is 41.0 Å². The van der Waals surface area contributed by atoms with Crippen molar-refractivity contribution in [3.05, 3.63) is 68.2 Å². The quantitative estimate of drug-likeness (QED) is 0.357. The lowest BCUT2D eigenvalue weighted by molar-refractivity contribution is 0.474. The minimum atomic E-state index is -0.228. The van der Waals surface area contributed by atoms with E-state index in [0.29, 0.717) is 38.5 Å². The molecular weight excluding hydrogens is 410 g/mol. The van der Waals surface area contributed by atoms with Crippen molar-refractivity contribution in [3.8, 4) is 0 Å². The summed E-state index contributed by atoms with van der Waals surface area (Å²) in [6.45, 7) is 4.57. The van der Waals surface area contributed by atoms with Crippen LogP contribution in [-0.4, -0.2) is 24.5 Å². The van der Waals surface area contributed by atoms with E-state index in [0.717, 1.165) is 0 Å². The minimum Gasteiger partial charge on any atom is -0.287 e. The molecule has 0 aliphatic rings. The number of benzene rings is 2. The number of nitrogens with zero attached hydrogens (tertiary/aromatic N) is 5. The molecule has 0 aliphatic carbocycles. The smallest absolute Gasteiger partial charge is 0.278 e. The lowest BCUT2D eigenvalue weighted by Crippen LogP contribution is -2.27. The molecule has 0 N–H and O–H groups in total. The molecule has 0 bridgehead atoms. The van der Waals surface area contributed by atoms with Crippen LogP contribution in [0.15, 0.2) is 57.2 Å². The van der Waals surface area contributed by atoms with Crippen LogP contribution in [0.4, 0.5) is 0 Å². The topological polar surface area (TPSA) is 82.7 Å². The normalized spacial score (nSPS) is 11.6. The molecule has 4 rings (SSSR count). The number of halogens is 1. The number of hydrogen-bond donors (Lipinski definition) is 0. The SMILES string of the molecule is CC(C)Cn1c(SCn2nnc3ccccc3c2=O)nc2ccc(Cl)cc2c1=O. The minimum absolute atomic E-state index is 0.148. The summed E-state index contributed by atoms with van der Waals surface area (Å²) in [6, 6.07) is 12.1. The molecule has 0 amide bonds. The highest BCUT2D eigenvalue weighted by Crippen LogP contribution is 2.22. The second-order valence-corrected chi connectivity index (χ2v) is 8.40. The molecule has 0 aliphatic heterocycles. The molecule has 0 fully saturated rings. The van der Waals surface area contributed by atoms with Crippen molar-refractivity contribution in [2.24, 2.45) is 5.92 Å². The maximum absolute atomic E-state index is 13.0. The average Bonchev–Trinajstić information content (AvgIpc) is 2.70. The van der Waals surface area contributed by atoms with Gasteiger partial charge in [-0.2, -0.15) is 4.68 Å². The van der Waals surface area contributed by atoms with Crippen molar-refractivity contribution >= 4 is 45.2 Å². The zero-order chi connectivity index (χ0) is 20.5. The average molecular weight is 428 g/mol. The Hall–Kier alpha value is -2.71. The summed E-state index contributed by atoms with van der Waals surface area (Å²) in [6.07, 6.45) is 0. The molecule has 9 heteroatoms. The summed E-state index contributed by atoms with van der Waals surface area (Å²) >= 11 is 7.34. The predicted octanol–water partition coefficient (Wildman–Crippen LogP) is 3.56. The fourth-order valence-corrected chi connectivity index (χ4v) is 4.09. The number of thioether (sulfide) groups is 1. The molecule has 2 heterocycles. The molecule has 0 saturated heterocycles. The fourth-order valence-electron chi connectivity index (χ4n) is 3.04. The first kappa shape index (κ1) is 19.6. The van der Waals surface area contributed by atoms with E-state index in [-0.39, 0.29) is 22.9 Å². The summed E-state index contributed by atoms with van der Waals surface area (Å²) in [5.74, 6) is 0.439. The van der Waals surface area contributed by atoms with Gasteiger partial charge in [0.2, 0.25) is 0 Å². The molecule has 0 spiro atoms. The zero-order valence-electron chi connectivity index (χ0n) is 15.9. The van der Waals surface area contributed by atoms with Crippen molar-refractivity contribution < 1.29 is 0 Å². The van der Waals surface area contributed by atoms with Crippen LogP contribution in [-0.2, 0) is 12.4 Å². The van der Waals surface area contributed by atoms with Crippen molar-refractivity contribution in [2.75, 3.05) is 0 Å².